The van der Waals surface area contributed by atoms with Crippen molar-refractivity contribution < 1.29 is 5.11 Å². The Labute approximate surface area is 87.2 Å². The van der Waals surface area contributed by atoms with Gasteiger partial charge in [-0.3, -0.25) is 4.57 Å². The number of hydrogen-bond donors (Lipinski definition) is 2. The van der Waals surface area contributed by atoms with Crippen molar-refractivity contribution in [3.05, 3.63) is 42.0 Å². The summed E-state index contributed by atoms with van der Waals surface area (Å²) < 4.78 is 2.03. The molecular formula is C11H11N3O. The first-order valence-corrected chi connectivity index (χ1v) is 4.90. The maximum atomic E-state index is 9.04. The van der Waals surface area contributed by atoms with Gasteiger partial charge in [-0.05, 0) is 12.1 Å². The van der Waals surface area contributed by atoms with Gasteiger partial charge in [0.05, 0.1) is 30.2 Å². The predicted octanol–water partition coefficient (Wildman–Crippen LogP) is 1.29. The number of benzene rings is 1. The van der Waals surface area contributed by atoms with Gasteiger partial charge in [-0.15, -0.1) is 0 Å². The van der Waals surface area contributed by atoms with Crippen LogP contribution in [-0.2, 0) is 13.2 Å². The smallest absolute Gasteiger partial charge is 0.133 e. The van der Waals surface area contributed by atoms with Crippen molar-refractivity contribution >= 4 is 5.69 Å². The van der Waals surface area contributed by atoms with E-state index in [2.05, 4.69) is 10.3 Å². The van der Waals surface area contributed by atoms with Crippen molar-refractivity contribution in [1.29, 1.82) is 0 Å². The van der Waals surface area contributed by atoms with Crippen LogP contribution < -0.4 is 5.32 Å². The highest BCUT2D eigenvalue weighted by Crippen LogP contribution is 2.26. The maximum absolute atomic E-state index is 9.04. The molecule has 1 aromatic carbocycles. The highest BCUT2D eigenvalue weighted by atomic mass is 16.3. The molecule has 0 radical (unpaired) electrons. The summed E-state index contributed by atoms with van der Waals surface area (Å²) in [6, 6.07) is 8.07. The van der Waals surface area contributed by atoms with Gasteiger partial charge < -0.3 is 10.4 Å². The van der Waals surface area contributed by atoms with Crippen LogP contribution in [0.3, 0.4) is 0 Å². The van der Waals surface area contributed by atoms with Crippen LogP contribution in [0.2, 0.25) is 0 Å². The highest BCUT2D eigenvalue weighted by molar-refractivity contribution is 5.63. The molecule has 0 unspecified atom stereocenters. The molecule has 0 bridgehead atoms. The first-order chi connectivity index (χ1) is 7.38. The third-order valence-corrected chi connectivity index (χ3v) is 2.59. The zero-order valence-electron chi connectivity index (χ0n) is 8.14. The predicted molar refractivity (Wildman–Crippen MR) is 56.8 cm³/mol. The summed E-state index contributed by atoms with van der Waals surface area (Å²) in [5.41, 5.74) is 2.90. The van der Waals surface area contributed by atoms with Gasteiger partial charge >= 0.3 is 0 Å². The molecule has 4 nitrogen and oxygen atoms in total. The lowest BCUT2D eigenvalue weighted by atomic mass is 10.2. The summed E-state index contributed by atoms with van der Waals surface area (Å²) in [4.78, 5) is 4.32. The minimum atomic E-state index is -0.0117. The Hall–Kier alpha value is -1.81. The van der Waals surface area contributed by atoms with E-state index in [1.54, 1.807) is 0 Å². The first kappa shape index (κ1) is 8.49. The topological polar surface area (TPSA) is 50.1 Å². The number of nitrogens with zero attached hydrogens (tertiary/aromatic N) is 2. The maximum Gasteiger partial charge on any atom is 0.133 e. The number of aliphatic hydroxyl groups excluding tert-OH is 1. The fraction of sp³-hybridized carbons (Fsp3) is 0.182. The second-order valence-corrected chi connectivity index (χ2v) is 3.55. The molecule has 15 heavy (non-hydrogen) atoms. The van der Waals surface area contributed by atoms with Gasteiger partial charge in [-0.2, -0.15) is 0 Å². The van der Waals surface area contributed by atoms with Gasteiger partial charge in [-0.1, -0.05) is 12.1 Å². The monoisotopic (exact) mass is 201 g/mol. The lowest BCUT2D eigenvalue weighted by molar-refractivity contribution is 0.277. The van der Waals surface area contributed by atoms with Crippen molar-refractivity contribution in [3.8, 4) is 5.69 Å². The molecule has 1 aliphatic heterocycles. The van der Waals surface area contributed by atoms with E-state index in [1.165, 1.54) is 0 Å². The second kappa shape index (κ2) is 3.10. The SMILES string of the molecule is OCc1cn2c(n1)CNc1ccccc1-2. The molecule has 0 atom stereocenters. The molecule has 0 fully saturated rings. The first-order valence-electron chi connectivity index (χ1n) is 4.90. The van der Waals surface area contributed by atoms with Crippen LogP contribution in [0.15, 0.2) is 30.5 Å². The Balaban J connectivity index is 2.20. The largest absolute Gasteiger partial charge is 0.390 e. The zero-order valence-corrected chi connectivity index (χ0v) is 8.14. The Morgan fingerprint density at radius 1 is 1.40 bits per heavy atom. The minimum absolute atomic E-state index is 0.0117. The molecule has 0 spiro atoms. The quantitative estimate of drug-likeness (QED) is 0.731. The number of para-hydroxylation sites is 2. The van der Waals surface area contributed by atoms with E-state index in [-0.39, 0.29) is 6.61 Å². The van der Waals surface area contributed by atoms with E-state index < -0.39 is 0 Å². The standard InChI is InChI=1S/C11H11N3O/c15-7-8-6-14-10-4-2-1-3-9(10)12-5-11(14)13-8/h1-4,6,12,15H,5,7H2. The molecule has 4 heteroatoms. The molecule has 3 rings (SSSR count). The van der Waals surface area contributed by atoms with Gasteiger partial charge in [0, 0.05) is 6.20 Å². The second-order valence-electron chi connectivity index (χ2n) is 3.55. The van der Waals surface area contributed by atoms with Crippen LogP contribution in [0.5, 0.6) is 0 Å². The third kappa shape index (κ3) is 1.22. The van der Waals surface area contributed by atoms with Crippen molar-refractivity contribution in [1.82, 2.24) is 9.55 Å². The van der Waals surface area contributed by atoms with E-state index in [0.29, 0.717) is 12.2 Å². The van der Waals surface area contributed by atoms with E-state index in [9.17, 15) is 0 Å². The van der Waals surface area contributed by atoms with Crippen molar-refractivity contribution in [3.63, 3.8) is 0 Å². The zero-order chi connectivity index (χ0) is 10.3. The van der Waals surface area contributed by atoms with Gasteiger partial charge in [-0.25, -0.2) is 4.98 Å². The summed E-state index contributed by atoms with van der Waals surface area (Å²) in [5.74, 6) is 0.942. The van der Waals surface area contributed by atoms with Crippen LogP contribution in [0.25, 0.3) is 5.69 Å². The average Bonchev–Trinajstić information content (AvgIpc) is 2.72. The third-order valence-electron chi connectivity index (χ3n) is 2.59. The number of nitrogens with one attached hydrogen (secondary N) is 1. The molecule has 2 heterocycles. The molecule has 1 aliphatic rings. The Kier molecular flexibility index (Phi) is 1.76. The van der Waals surface area contributed by atoms with Crippen LogP contribution in [-0.4, -0.2) is 14.7 Å². The fourth-order valence-electron chi connectivity index (χ4n) is 1.89. The van der Waals surface area contributed by atoms with Gasteiger partial charge in [0.15, 0.2) is 0 Å². The van der Waals surface area contributed by atoms with Crippen LogP contribution in [0.1, 0.15) is 11.5 Å². The lowest BCUT2D eigenvalue weighted by Gasteiger charge is -2.19. The Morgan fingerprint density at radius 2 is 2.27 bits per heavy atom. The normalized spacial score (nSPS) is 12.9. The van der Waals surface area contributed by atoms with Crippen LogP contribution in [0, 0.1) is 0 Å². The lowest BCUT2D eigenvalue weighted by Crippen LogP contribution is -2.14. The van der Waals surface area contributed by atoms with E-state index in [1.807, 2.05) is 35.0 Å². The van der Waals surface area contributed by atoms with E-state index >= 15 is 0 Å². The molecule has 0 saturated carbocycles. The summed E-state index contributed by atoms with van der Waals surface area (Å²) in [5, 5.41) is 12.3. The molecule has 0 aliphatic carbocycles. The summed E-state index contributed by atoms with van der Waals surface area (Å²) >= 11 is 0. The molecule has 0 saturated heterocycles. The highest BCUT2D eigenvalue weighted by Gasteiger charge is 2.16. The number of aliphatic hydroxyl groups is 1. The Bertz CT molecular complexity index is 504. The minimum Gasteiger partial charge on any atom is -0.390 e. The summed E-state index contributed by atoms with van der Waals surface area (Å²) in [6.45, 7) is 0.694. The van der Waals surface area contributed by atoms with E-state index in [4.69, 9.17) is 5.11 Å². The van der Waals surface area contributed by atoms with Gasteiger partial charge in [0.2, 0.25) is 0 Å². The van der Waals surface area contributed by atoms with Gasteiger partial charge in [0.25, 0.3) is 0 Å². The number of imidazole rings is 1. The number of hydrogen-bond acceptors (Lipinski definition) is 3. The number of aromatic nitrogens is 2. The molecule has 1 aromatic heterocycles. The van der Waals surface area contributed by atoms with Gasteiger partial charge in [0.1, 0.15) is 5.82 Å². The van der Waals surface area contributed by atoms with Crippen molar-refractivity contribution in [2.75, 3.05) is 5.32 Å². The van der Waals surface area contributed by atoms with E-state index in [0.717, 1.165) is 17.2 Å². The summed E-state index contributed by atoms with van der Waals surface area (Å²) in [7, 11) is 0. The molecule has 2 aromatic rings. The number of fused-ring (bicyclic) bond motifs is 3. The van der Waals surface area contributed by atoms with Crippen molar-refractivity contribution in [2.24, 2.45) is 0 Å². The molecule has 76 valence electrons. The molecular weight excluding hydrogens is 190 g/mol. The molecule has 0 amide bonds. The number of rotatable bonds is 1. The van der Waals surface area contributed by atoms with Crippen LogP contribution in [0.4, 0.5) is 5.69 Å². The number of anilines is 1. The summed E-state index contributed by atoms with van der Waals surface area (Å²) in [6.07, 6.45) is 1.88. The van der Waals surface area contributed by atoms with Crippen LogP contribution >= 0.6 is 0 Å². The van der Waals surface area contributed by atoms with Crippen molar-refractivity contribution in [2.45, 2.75) is 13.2 Å². The molecule has 2 N–H and O–H groups in total. The average molecular weight is 201 g/mol. The Morgan fingerprint density at radius 3 is 3.13 bits per heavy atom. The fourth-order valence-corrected chi connectivity index (χ4v) is 1.89.